The Kier molecular flexibility index (Phi) is 20.1. The van der Waals surface area contributed by atoms with E-state index in [1.54, 1.807) is 0 Å². The molecule has 1 aliphatic rings. The normalized spacial score (nSPS) is 23.3. The van der Waals surface area contributed by atoms with E-state index in [4.69, 9.17) is 0 Å². The Bertz CT molecular complexity index is 113. The molecule has 0 fully saturated rings. The fourth-order valence-corrected chi connectivity index (χ4v) is 0.513. The van der Waals surface area contributed by atoms with Crippen molar-refractivity contribution in [3.63, 3.8) is 0 Å². The Labute approximate surface area is 92.7 Å². The van der Waals surface area contributed by atoms with Crippen molar-refractivity contribution in [2.45, 2.75) is 0 Å². The van der Waals surface area contributed by atoms with E-state index in [2.05, 4.69) is 0 Å². The van der Waals surface area contributed by atoms with Gasteiger partial charge in [0.05, 0.1) is 0 Å². The molecule has 0 aromatic carbocycles. The molecule has 0 aliphatic heterocycles. The fraction of sp³-hybridized carbons (Fsp3) is 0. The van der Waals surface area contributed by atoms with E-state index in [0.29, 0.717) is 0 Å². The molecule has 11 heavy (non-hydrogen) atoms. The molecular formula is C8H8Cl2Ru. The van der Waals surface area contributed by atoms with Gasteiger partial charge in [-0.15, -0.1) is 0 Å². The molecule has 0 unspecified atom stereocenters. The van der Waals surface area contributed by atoms with Crippen LogP contribution in [0.3, 0.4) is 0 Å². The average molecular weight is 276 g/mol. The second kappa shape index (κ2) is 12.8. The number of allylic oxidation sites excluding steroid dienone is 8. The van der Waals surface area contributed by atoms with Gasteiger partial charge in [0.2, 0.25) is 0 Å². The van der Waals surface area contributed by atoms with Crippen LogP contribution in [0.5, 0.6) is 0 Å². The molecule has 0 amide bonds. The smallest absolute Gasteiger partial charge is 1.00 e. The van der Waals surface area contributed by atoms with Gasteiger partial charge in [-0.2, -0.15) is 0 Å². The first-order valence-electron chi connectivity index (χ1n) is 2.67. The minimum Gasteiger partial charge on any atom is -1.00 e. The topological polar surface area (TPSA) is 0 Å². The summed E-state index contributed by atoms with van der Waals surface area (Å²) in [6.07, 6.45) is 16.0. The molecule has 0 radical (unpaired) electrons. The molecule has 0 N–H and O–H groups in total. The predicted octanol–water partition coefficient (Wildman–Crippen LogP) is -3.77. The van der Waals surface area contributed by atoms with E-state index < -0.39 is 0 Å². The van der Waals surface area contributed by atoms with Gasteiger partial charge in [0.1, 0.15) is 0 Å². The van der Waals surface area contributed by atoms with E-state index in [-0.39, 0.29) is 44.3 Å². The van der Waals surface area contributed by atoms with Crippen LogP contribution >= 0.6 is 0 Å². The molecule has 0 saturated heterocycles. The minimum atomic E-state index is 0. The van der Waals surface area contributed by atoms with Crippen LogP contribution in [0.2, 0.25) is 0 Å². The van der Waals surface area contributed by atoms with Gasteiger partial charge in [0, 0.05) is 0 Å². The van der Waals surface area contributed by atoms with E-state index >= 15 is 0 Å². The van der Waals surface area contributed by atoms with Crippen molar-refractivity contribution in [3.05, 3.63) is 48.6 Å². The largest absolute Gasteiger partial charge is 2.00 e. The summed E-state index contributed by atoms with van der Waals surface area (Å²) in [6.45, 7) is 0. The first kappa shape index (κ1) is 17.3. The zero-order valence-electron chi connectivity index (χ0n) is 5.73. The molecule has 0 bridgehead atoms. The van der Waals surface area contributed by atoms with Gasteiger partial charge >= 0.3 is 19.5 Å². The Morgan fingerprint density at radius 1 is 0.364 bits per heavy atom. The zero-order valence-corrected chi connectivity index (χ0v) is 8.98. The first-order valence-corrected chi connectivity index (χ1v) is 2.67. The third kappa shape index (κ3) is 10.2. The maximum absolute atomic E-state index is 2.00. The van der Waals surface area contributed by atoms with Crippen LogP contribution in [-0.2, 0) is 19.5 Å². The SMILES string of the molecule is C1=C\C=C/C=C\C=C/1.[Cl-].[Cl-].[Ru+2]. The Morgan fingerprint density at radius 2 is 0.455 bits per heavy atom. The first-order chi connectivity index (χ1) is 4.00. The molecule has 0 aromatic heterocycles. The summed E-state index contributed by atoms with van der Waals surface area (Å²) >= 11 is 0. The molecule has 0 saturated carbocycles. The second-order valence-electron chi connectivity index (χ2n) is 1.54. The number of hydrogen-bond donors (Lipinski definition) is 0. The van der Waals surface area contributed by atoms with Crippen molar-refractivity contribution < 1.29 is 44.3 Å². The van der Waals surface area contributed by atoms with Gasteiger partial charge in [-0.05, 0) is 0 Å². The Hall–Kier alpha value is 0.163. The molecular weight excluding hydrogens is 268 g/mol. The Balaban J connectivity index is -0.000000213. The molecule has 1 aliphatic carbocycles. The monoisotopic (exact) mass is 276 g/mol. The van der Waals surface area contributed by atoms with Gasteiger partial charge in [0.15, 0.2) is 0 Å². The van der Waals surface area contributed by atoms with Gasteiger partial charge in [-0.3, -0.25) is 0 Å². The standard InChI is InChI=1S/C8H8.2ClH.Ru/c1-2-4-6-8-7-5-3-1;;;/h1-8H;2*1H;/q;;;+2/p-2/b2-1-,3-1?,4-2?,5-3-,6-4-,7-5?,8-6?,8-7-;;;. The molecule has 0 heterocycles. The van der Waals surface area contributed by atoms with Gasteiger partial charge in [0.25, 0.3) is 0 Å². The van der Waals surface area contributed by atoms with Crippen LogP contribution in [0.4, 0.5) is 0 Å². The van der Waals surface area contributed by atoms with Crippen molar-refractivity contribution in [3.8, 4) is 0 Å². The van der Waals surface area contributed by atoms with Crippen molar-refractivity contribution in [2.24, 2.45) is 0 Å². The van der Waals surface area contributed by atoms with E-state index in [1.165, 1.54) is 0 Å². The molecule has 0 spiro atoms. The molecule has 62 valence electrons. The third-order valence-corrected chi connectivity index (χ3v) is 0.889. The van der Waals surface area contributed by atoms with Gasteiger partial charge in [-0.1, -0.05) is 48.6 Å². The summed E-state index contributed by atoms with van der Waals surface area (Å²) in [4.78, 5) is 0. The van der Waals surface area contributed by atoms with Crippen molar-refractivity contribution in [2.75, 3.05) is 0 Å². The maximum atomic E-state index is 2.00. The molecule has 0 nitrogen and oxygen atoms in total. The molecule has 0 atom stereocenters. The molecule has 1 rings (SSSR count). The summed E-state index contributed by atoms with van der Waals surface area (Å²) in [7, 11) is 0. The van der Waals surface area contributed by atoms with Crippen LogP contribution in [-0.4, -0.2) is 0 Å². The van der Waals surface area contributed by atoms with E-state index in [1.807, 2.05) is 48.6 Å². The van der Waals surface area contributed by atoms with Crippen molar-refractivity contribution >= 4 is 0 Å². The summed E-state index contributed by atoms with van der Waals surface area (Å²) in [5.41, 5.74) is 0. The molecule has 0 aromatic rings. The second-order valence-corrected chi connectivity index (χ2v) is 1.54. The predicted molar refractivity (Wildman–Crippen MR) is 36.6 cm³/mol. The summed E-state index contributed by atoms with van der Waals surface area (Å²) in [6, 6.07) is 0. The summed E-state index contributed by atoms with van der Waals surface area (Å²) in [5, 5.41) is 0. The number of hydrogen-bond acceptors (Lipinski definition) is 0. The molecule has 3 heteroatoms. The summed E-state index contributed by atoms with van der Waals surface area (Å²) < 4.78 is 0. The van der Waals surface area contributed by atoms with Crippen LogP contribution in [0.15, 0.2) is 48.6 Å². The van der Waals surface area contributed by atoms with Gasteiger partial charge in [-0.25, -0.2) is 0 Å². The quantitative estimate of drug-likeness (QED) is 0.399. The number of halogens is 2. The van der Waals surface area contributed by atoms with E-state index in [9.17, 15) is 0 Å². The fourth-order valence-electron chi connectivity index (χ4n) is 0.513. The summed E-state index contributed by atoms with van der Waals surface area (Å²) in [5.74, 6) is 0. The maximum Gasteiger partial charge on any atom is 2.00 e. The Morgan fingerprint density at radius 3 is 0.545 bits per heavy atom. The zero-order chi connectivity index (χ0) is 5.66. The number of rotatable bonds is 0. The van der Waals surface area contributed by atoms with Crippen LogP contribution in [0, 0.1) is 0 Å². The van der Waals surface area contributed by atoms with Crippen LogP contribution in [0.25, 0.3) is 0 Å². The van der Waals surface area contributed by atoms with Crippen molar-refractivity contribution in [1.82, 2.24) is 0 Å². The van der Waals surface area contributed by atoms with Crippen molar-refractivity contribution in [1.29, 1.82) is 0 Å². The van der Waals surface area contributed by atoms with Crippen LogP contribution < -0.4 is 24.8 Å². The van der Waals surface area contributed by atoms with Gasteiger partial charge < -0.3 is 24.8 Å². The average Bonchev–Trinajstić information content (AvgIpc) is 1.62. The van der Waals surface area contributed by atoms with Crippen LogP contribution in [0.1, 0.15) is 0 Å². The minimum absolute atomic E-state index is 0. The third-order valence-electron chi connectivity index (χ3n) is 0.889. The van der Waals surface area contributed by atoms with E-state index in [0.717, 1.165) is 0 Å².